The molecule has 0 unspecified atom stereocenters. The van der Waals surface area contributed by atoms with Crippen LogP contribution in [0.3, 0.4) is 0 Å². The standard InChI is InChI=1S/C23H43N/c1-3-5-6-7-8-9-10-11-12-13-14-15-16-17-19-23-21-24-20-22(23)18-4-2/h20-21,24H,3-19H2,1-2H3. The third-order valence-electron chi connectivity index (χ3n) is 5.25. The molecule has 1 nitrogen and oxygen atoms in total. The minimum absolute atomic E-state index is 1.23. The molecule has 1 heterocycles. The average molecular weight is 334 g/mol. The van der Waals surface area contributed by atoms with E-state index < -0.39 is 0 Å². The third-order valence-corrected chi connectivity index (χ3v) is 5.25. The quantitative estimate of drug-likeness (QED) is 0.278. The van der Waals surface area contributed by atoms with Crippen LogP contribution in [0.5, 0.6) is 0 Å². The van der Waals surface area contributed by atoms with Crippen LogP contribution >= 0.6 is 0 Å². The first-order chi connectivity index (χ1) is 11.9. The number of rotatable bonds is 17. The van der Waals surface area contributed by atoms with Gasteiger partial charge in [0.05, 0.1) is 0 Å². The zero-order valence-electron chi connectivity index (χ0n) is 16.7. The van der Waals surface area contributed by atoms with Crippen molar-refractivity contribution in [3.05, 3.63) is 23.5 Å². The summed E-state index contributed by atoms with van der Waals surface area (Å²) in [4.78, 5) is 3.28. The van der Waals surface area contributed by atoms with Gasteiger partial charge >= 0.3 is 0 Å². The van der Waals surface area contributed by atoms with E-state index in [1.54, 1.807) is 11.1 Å². The number of aromatic amines is 1. The molecule has 0 aliphatic heterocycles. The Morgan fingerprint density at radius 3 is 1.38 bits per heavy atom. The molecule has 24 heavy (non-hydrogen) atoms. The highest BCUT2D eigenvalue weighted by Gasteiger charge is 2.02. The molecular weight excluding hydrogens is 290 g/mol. The lowest BCUT2D eigenvalue weighted by Crippen LogP contribution is -1.90. The first kappa shape index (κ1) is 21.3. The molecule has 1 rings (SSSR count). The lowest BCUT2D eigenvalue weighted by Gasteiger charge is -2.04. The fourth-order valence-electron chi connectivity index (χ4n) is 3.67. The summed E-state index contributed by atoms with van der Waals surface area (Å²) >= 11 is 0. The third kappa shape index (κ3) is 10.9. The molecule has 0 aromatic carbocycles. The molecule has 0 spiro atoms. The van der Waals surface area contributed by atoms with E-state index in [4.69, 9.17) is 0 Å². The van der Waals surface area contributed by atoms with Gasteiger partial charge in [-0.1, -0.05) is 104 Å². The molecule has 0 bridgehead atoms. The molecule has 1 heteroatoms. The lowest BCUT2D eigenvalue weighted by atomic mass is 10.0. The second kappa shape index (κ2) is 15.8. The summed E-state index contributed by atoms with van der Waals surface area (Å²) in [7, 11) is 0. The number of nitrogens with one attached hydrogen (secondary N) is 1. The Bertz CT molecular complexity index is 366. The Hall–Kier alpha value is -0.720. The normalized spacial score (nSPS) is 11.2. The largest absolute Gasteiger partial charge is 0.367 e. The summed E-state index contributed by atoms with van der Waals surface area (Å²) in [5, 5.41) is 0. The average Bonchev–Trinajstić information content (AvgIpc) is 3.03. The minimum atomic E-state index is 1.23. The van der Waals surface area contributed by atoms with E-state index in [9.17, 15) is 0 Å². The number of H-pyrrole nitrogens is 1. The van der Waals surface area contributed by atoms with Gasteiger partial charge in [-0.05, 0) is 30.4 Å². The van der Waals surface area contributed by atoms with E-state index in [0.29, 0.717) is 0 Å². The fraction of sp³-hybridized carbons (Fsp3) is 0.826. The van der Waals surface area contributed by atoms with Crippen LogP contribution in [0.2, 0.25) is 0 Å². The SMILES string of the molecule is CCCCCCCCCCCCCCCCc1c[nH]cc1CCC. The number of unbranched alkanes of at least 4 members (excludes halogenated alkanes) is 13. The second-order valence-electron chi connectivity index (χ2n) is 7.60. The van der Waals surface area contributed by atoms with Crippen LogP contribution in [0.25, 0.3) is 0 Å². The molecule has 0 fully saturated rings. The Kier molecular flexibility index (Phi) is 14.0. The van der Waals surface area contributed by atoms with E-state index in [2.05, 4.69) is 31.2 Å². The van der Waals surface area contributed by atoms with Crippen molar-refractivity contribution in [1.82, 2.24) is 4.98 Å². The molecule has 1 aromatic heterocycles. The number of aromatic nitrogens is 1. The van der Waals surface area contributed by atoms with Crippen LogP contribution in [0.1, 0.15) is 121 Å². The Balaban J connectivity index is 1.81. The highest BCUT2D eigenvalue weighted by Crippen LogP contribution is 2.16. The van der Waals surface area contributed by atoms with Gasteiger partial charge in [-0.15, -0.1) is 0 Å². The summed E-state index contributed by atoms with van der Waals surface area (Å²) in [6.07, 6.45) is 28.4. The Morgan fingerprint density at radius 1 is 0.500 bits per heavy atom. The summed E-state index contributed by atoms with van der Waals surface area (Å²) < 4.78 is 0. The van der Waals surface area contributed by atoms with Crippen molar-refractivity contribution in [1.29, 1.82) is 0 Å². The molecule has 0 aliphatic rings. The van der Waals surface area contributed by atoms with E-state index >= 15 is 0 Å². The van der Waals surface area contributed by atoms with Gasteiger partial charge in [0.2, 0.25) is 0 Å². The number of aryl methyl sites for hydroxylation is 2. The van der Waals surface area contributed by atoms with Crippen LogP contribution < -0.4 is 0 Å². The second-order valence-corrected chi connectivity index (χ2v) is 7.60. The van der Waals surface area contributed by atoms with Crippen LogP contribution in [0, 0.1) is 0 Å². The minimum Gasteiger partial charge on any atom is -0.367 e. The monoisotopic (exact) mass is 333 g/mol. The maximum absolute atomic E-state index is 3.28. The highest BCUT2D eigenvalue weighted by atomic mass is 14.6. The Morgan fingerprint density at radius 2 is 0.917 bits per heavy atom. The maximum atomic E-state index is 3.28. The fourth-order valence-corrected chi connectivity index (χ4v) is 3.67. The van der Waals surface area contributed by atoms with Crippen molar-refractivity contribution in [3.63, 3.8) is 0 Å². The van der Waals surface area contributed by atoms with Crippen molar-refractivity contribution in [2.24, 2.45) is 0 Å². The van der Waals surface area contributed by atoms with Crippen LogP contribution in [0.15, 0.2) is 12.4 Å². The van der Waals surface area contributed by atoms with Crippen LogP contribution in [0.4, 0.5) is 0 Å². The van der Waals surface area contributed by atoms with E-state index in [0.717, 1.165) is 0 Å². The topological polar surface area (TPSA) is 15.8 Å². The molecule has 1 N–H and O–H groups in total. The number of hydrogen-bond acceptors (Lipinski definition) is 0. The Labute approximate surface area is 152 Å². The van der Waals surface area contributed by atoms with Crippen molar-refractivity contribution >= 4 is 0 Å². The van der Waals surface area contributed by atoms with Gasteiger partial charge in [0.25, 0.3) is 0 Å². The molecule has 0 saturated carbocycles. The van der Waals surface area contributed by atoms with E-state index in [-0.39, 0.29) is 0 Å². The van der Waals surface area contributed by atoms with Crippen LogP contribution in [-0.2, 0) is 12.8 Å². The summed E-state index contributed by atoms with van der Waals surface area (Å²) in [5.41, 5.74) is 3.11. The van der Waals surface area contributed by atoms with Gasteiger partial charge in [0, 0.05) is 12.4 Å². The smallest absolute Gasteiger partial charge is 0.00401 e. The molecule has 0 radical (unpaired) electrons. The summed E-state index contributed by atoms with van der Waals surface area (Å²) in [6.45, 7) is 4.56. The lowest BCUT2D eigenvalue weighted by molar-refractivity contribution is 0.535. The molecule has 0 aliphatic carbocycles. The van der Waals surface area contributed by atoms with Gasteiger partial charge in [0.15, 0.2) is 0 Å². The van der Waals surface area contributed by atoms with Crippen molar-refractivity contribution in [2.45, 2.75) is 123 Å². The van der Waals surface area contributed by atoms with Crippen molar-refractivity contribution in [2.75, 3.05) is 0 Å². The van der Waals surface area contributed by atoms with Crippen LogP contribution in [-0.4, -0.2) is 4.98 Å². The van der Waals surface area contributed by atoms with Crippen molar-refractivity contribution in [3.8, 4) is 0 Å². The number of hydrogen-bond donors (Lipinski definition) is 1. The first-order valence-electron chi connectivity index (χ1n) is 11.0. The molecule has 0 amide bonds. The van der Waals surface area contributed by atoms with Gasteiger partial charge < -0.3 is 4.98 Å². The molecular formula is C23H43N. The predicted octanol–water partition coefficient (Wildman–Crippen LogP) is 7.99. The van der Waals surface area contributed by atoms with Gasteiger partial charge in [-0.3, -0.25) is 0 Å². The molecule has 1 aromatic rings. The van der Waals surface area contributed by atoms with Gasteiger partial charge in [0.1, 0.15) is 0 Å². The summed E-state index contributed by atoms with van der Waals surface area (Å²) in [5.74, 6) is 0. The first-order valence-corrected chi connectivity index (χ1v) is 11.0. The zero-order chi connectivity index (χ0) is 17.3. The molecule has 0 saturated heterocycles. The summed E-state index contributed by atoms with van der Waals surface area (Å²) in [6, 6.07) is 0. The van der Waals surface area contributed by atoms with Gasteiger partial charge in [-0.25, -0.2) is 0 Å². The maximum Gasteiger partial charge on any atom is 0.00401 e. The molecule has 0 atom stereocenters. The van der Waals surface area contributed by atoms with E-state index in [1.165, 1.54) is 109 Å². The predicted molar refractivity (Wildman–Crippen MR) is 109 cm³/mol. The highest BCUT2D eigenvalue weighted by molar-refractivity contribution is 5.23. The zero-order valence-corrected chi connectivity index (χ0v) is 16.7. The van der Waals surface area contributed by atoms with Gasteiger partial charge in [-0.2, -0.15) is 0 Å². The van der Waals surface area contributed by atoms with E-state index in [1.807, 2.05) is 0 Å². The molecule has 140 valence electrons. The van der Waals surface area contributed by atoms with Crippen molar-refractivity contribution < 1.29 is 0 Å².